The van der Waals surface area contributed by atoms with E-state index in [-0.39, 0.29) is 17.8 Å². The maximum absolute atomic E-state index is 13.4. The van der Waals surface area contributed by atoms with Gasteiger partial charge in [-0.3, -0.25) is 9.69 Å². The van der Waals surface area contributed by atoms with Gasteiger partial charge in [-0.15, -0.1) is 0 Å². The molecule has 4 nitrogen and oxygen atoms in total. The number of unbranched alkanes of at least 4 members (excludes halogenated alkanes) is 1. The summed E-state index contributed by atoms with van der Waals surface area (Å²) in [7, 11) is 0. The summed E-state index contributed by atoms with van der Waals surface area (Å²) in [6, 6.07) is 4.53. The normalized spacial score (nSPS) is 17.7. The van der Waals surface area contributed by atoms with Gasteiger partial charge in [-0.2, -0.15) is 0 Å². The van der Waals surface area contributed by atoms with Crippen LogP contribution in [-0.4, -0.2) is 30.1 Å². The molecule has 23 heavy (non-hydrogen) atoms. The Morgan fingerprint density at radius 1 is 1.52 bits per heavy atom. The molecule has 1 fully saturated rings. The van der Waals surface area contributed by atoms with Crippen molar-refractivity contribution in [1.29, 1.82) is 0 Å². The molecule has 2 aromatic rings. The van der Waals surface area contributed by atoms with E-state index >= 15 is 0 Å². The number of carbonyl (C=O) groups excluding carboxylic acids is 1. The van der Waals surface area contributed by atoms with Gasteiger partial charge in [0.2, 0.25) is 5.91 Å². The number of hydrogen-bond donors (Lipinski definition) is 0. The second-order valence-corrected chi connectivity index (χ2v) is 6.86. The first-order valence-electron chi connectivity index (χ1n) is 8.15. The zero-order valence-corrected chi connectivity index (χ0v) is 14.1. The molecule has 2 heterocycles. The van der Waals surface area contributed by atoms with Crippen LogP contribution in [0.5, 0.6) is 0 Å². The number of benzene rings is 1. The molecule has 1 saturated heterocycles. The first-order chi connectivity index (χ1) is 11.2. The van der Waals surface area contributed by atoms with Crippen molar-refractivity contribution < 1.29 is 13.9 Å². The number of rotatable bonds is 6. The van der Waals surface area contributed by atoms with Gasteiger partial charge in [0.05, 0.1) is 22.9 Å². The van der Waals surface area contributed by atoms with Gasteiger partial charge in [0, 0.05) is 13.0 Å². The fourth-order valence-corrected chi connectivity index (χ4v) is 3.76. The summed E-state index contributed by atoms with van der Waals surface area (Å²) in [5.74, 6) is -0.211. The van der Waals surface area contributed by atoms with Crippen molar-refractivity contribution in [3.63, 3.8) is 0 Å². The van der Waals surface area contributed by atoms with Gasteiger partial charge in [-0.05, 0) is 37.5 Å². The Bertz CT molecular complexity index is 682. The lowest BCUT2D eigenvalue weighted by molar-refractivity contribution is -0.119. The zero-order chi connectivity index (χ0) is 16.2. The van der Waals surface area contributed by atoms with E-state index in [0.29, 0.717) is 18.1 Å². The van der Waals surface area contributed by atoms with Gasteiger partial charge in [0.1, 0.15) is 5.82 Å². The number of thiazole rings is 1. The van der Waals surface area contributed by atoms with Gasteiger partial charge in [0.25, 0.3) is 0 Å². The van der Waals surface area contributed by atoms with Crippen LogP contribution in [0.1, 0.15) is 39.0 Å². The summed E-state index contributed by atoms with van der Waals surface area (Å²) < 4.78 is 19.8. The predicted molar refractivity (Wildman–Crippen MR) is 90.4 cm³/mol. The molecule has 0 N–H and O–H groups in total. The first-order valence-corrected chi connectivity index (χ1v) is 8.97. The number of amides is 1. The number of halogens is 1. The number of ether oxygens (including phenoxy) is 1. The van der Waals surface area contributed by atoms with Gasteiger partial charge in [-0.1, -0.05) is 24.7 Å². The van der Waals surface area contributed by atoms with Gasteiger partial charge < -0.3 is 4.74 Å². The highest BCUT2D eigenvalue weighted by Gasteiger charge is 2.25. The van der Waals surface area contributed by atoms with Gasteiger partial charge >= 0.3 is 0 Å². The number of carbonyl (C=O) groups is 1. The average Bonchev–Trinajstić information content (AvgIpc) is 3.18. The summed E-state index contributed by atoms with van der Waals surface area (Å²) in [4.78, 5) is 18.9. The Labute approximate surface area is 139 Å². The lowest BCUT2D eigenvalue weighted by atomic mass is 10.2. The van der Waals surface area contributed by atoms with Crippen LogP contribution in [0.15, 0.2) is 18.2 Å². The van der Waals surface area contributed by atoms with E-state index in [0.717, 1.165) is 42.5 Å². The monoisotopic (exact) mass is 336 g/mol. The number of nitrogens with zero attached hydrogens (tertiary/aromatic N) is 2. The predicted octanol–water partition coefficient (Wildman–Crippen LogP) is 4.14. The Kier molecular flexibility index (Phi) is 5.23. The summed E-state index contributed by atoms with van der Waals surface area (Å²) in [6.45, 7) is 3.36. The van der Waals surface area contributed by atoms with Crippen LogP contribution in [0.4, 0.5) is 9.52 Å². The third-order valence-corrected chi connectivity index (χ3v) is 5.07. The van der Waals surface area contributed by atoms with Crippen LogP contribution in [-0.2, 0) is 9.53 Å². The minimum Gasteiger partial charge on any atom is -0.376 e. The number of hydrogen-bond acceptors (Lipinski definition) is 4. The third-order valence-electron chi connectivity index (χ3n) is 4.03. The standard InChI is InChI=1S/C17H21FN2O2S/c1-2-3-6-16(21)20(11-13-5-4-9-22-13)17-19-14-8-7-12(18)10-15(14)23-17/h7-8,10,13H,2-6,9,11H2,1H3. The maximum Gasteiger partial charge on any atom is 0.228 e. The lowest BCUT2D eigenvalue weighted by Gasteiger charge is -2.23. The average molecular weight is 336 g/mol. The molecular formula is C17H21FN2O2S. The smallest absolute Gasteiger partial charge is 0.228 e. The van der Waals surface area contributed by atoms with E-state index in [4.69, 9.17) is 4.74 Å². The largest absolute Gasteiger partial charge is 0.376 e. The molecule has 0 radical (unpaired) electrons. The summed E-state index contributed by atoms with van der Waals surface area (Å²) in [6.07, 6.45) is 4.42. The fourth-order valence-electron chi connectivity index (χ4n) is 2.74. The van der Waals surface area contributed by atoms with E-state index in [9.17, 15) is 9.18 Å². The Balaban J connectivity index is 1.86. The van der Waals surface area contributed by atoms with Crippen molar-refractivity contribution in [2.45, 2.75) is 45.1 Å². The molecule has 1 amide bonds. The molecule has 0 saturated carbocycles. The first kappa shape index (κ1) is 16.3. The highest BCUT2D eigenvalue weighted by Crippen LogP contribution is 2.31. The summed E-state index contributed by atoms with van der Waals surface area (Å²) >= 11 is 1.36. The minimum absolute atomic E-state index is 0.0712. The van der Waals surface area contributed by atoms with Crippen molar-refractivity contribution in [1.82, 2.24) is 4.98 Å². The molecule has 1 unspecified atom stereocenters. The third kappa shape index (κ3) is 3.87. The topological polar surface area (TPSA) is 42.4 Å². The van der Waals surface area contributed by atoms with Crippen LogP contribution in [0.3, 0.4) is 0 Å². The van der Waals surface area contributed by atoms with E-state index in [2.05, 4.69) is 11.9 Å². The van der Waals surface area contributed by atoms with E-state index < -0.39 is 0 Å². The van der Waals surface area contributed by atoms with Crippen LogP contribution in [0.2, 0.25) is 0 Å². The molecule has 0 aliphatic carbocycles. The molecule has 124 valence electrons. The van der Waals surface area contributed by atoms with E-state index in [1.807, 2.05) is 0 Å². The van der Waals surface area contributed by atoms with Crippen molar-refractivity contribution in [2.75, 3.05) is 18.1 Å². The number of aromatic nitrogens is 1. The SMILES string of the molecule is CCCCC(=O)N(CC1CCCO1)c1nc2ccc(F)cc2s1. The molecule has 0 spiro atoms. The Morgan fingerprint density at radius 2 is 2.39 bits per heavy atom. The van der Waals surface area contributed by atoms with Crippen molar-refractivity contribution in [3.05, 3.63) is 24.0 Å². The van der Waals surface area contributed by atoms with E-state index in [1.54, 1.807) is 11.0 Å². The van der Waals surface area contributed by atoms with Crippen molar-refractivity contribution in [2.24, 2.45) is 0 Å². The molecule has 1 aliphatic rings. The van der Waals surface area contributed by atoms with Crippen LogP contribution < -0.4 is 4.90 Å². The molecular weight excluding hydrogens is 315 g/mol. The van der Waals surface area contributed by atoms with Crippen LogP contribution >= 0.6 is 11.3 Å². The second kappa shape index (κ2) is 7.36. The Morgan fingerprint density at radius 3 is 3.13 bits per heavy atom. The van der Waals surface area contributed by atoms with Gasteiger partial charge in [0.15, 0.2) is 5.13 Å². The second-order valence-electron chi connectivity index (χ2n) is 5.85. The fraction of sp³-hybridized carbons (Fsp3) is 0.529. The van der Waals surface area contributed by atoms with Crippen molar-refractivity contribution in [3.8, 4) is 0 Å². The maximum atomic E-state index is 13.4. The van der Waals surface area contributed by atoms with E-state index in [1.165, 1.54) is 23.5 Å². The molecule has 6 heteroatoms. The molecule has 1 atom stereocenters. The van der Waals surface area contributed by atoms with Crippen molar-refractivity contribution >= 4 is 32.6 Å². The molecule has 1 aliphatic heterocycles. The number of anilines is 1. The van der Waals surface area contributed by atoms with Gasteiger partial charge in [-0.25, -0.2) is 9.37 Å². The summed E-state index contributed by atoms with van der Waals surface area (Å²) in [5.41, 5.74) is 0.729. The molecule has 3 rings (SSSR count). The summed E-state index contributed by atoms with van der Waals surface area (Å²) in [5, 5.41) is 0.641. The lowest BCUT2D eigenvalue weighted by Crippen LogP contribution is -2.37. The zero-order valence-electron chi connectivity index (χ0n) is 13.3. The highest BCUT2D eigenvalue weighted by molar-refractivity contribution is 7.22. The van der Waals surface area contributed by atoms with Crippen LogP contribution in [0, 0.1) is 5.82 Å². The number of fused-ring (bicyclic) bond motifs is 1. The molecule has 1 aromatic heterocycles. The molecule has 0 bridgehead atoms. The Hall–Kier alpha value is -1.53. The molecule has 1 aromatic carbocycles. The van der Waals surface area contributed by atoms with Crippen LogP contribution in [0.25, 0.3) is 10.2 Å². The highest BCUT2D eigenvalue weighted by atomic mass is 32.1. The minimum atomic E-state index is -0.282. The quantitative estimate of drug-likeness (QED) is 0.796.